The van der Waals surface area contributed by atoms with Gasteiger partial charge >= 0.3 is 6.18 Å². The van der Waals surface area contributed by atoms with Gasteiger partial charge in [0.1, 0.15) is 5.75 Å². The summed E-state index contributed by atoms with van der Waals surface area (Å²) in [5.41, 5.74) is -1.23. The summed E-state index contributed by atoms with van der Waals surface area (Å²) in [6.45, 7) is 0. The highest BCUT2D eigenvalue weighted by Crippen LogP contribution is 2.31. The van der Waals surface area contributed by atoms with Gasteiger partial charge in [0, 0.05) is 5.69 Å². The van der Waals surface area contributed by atoms with Crippen LogP contribution in [0.15, 0.2) is 47.4 Å². The maximum Gasteiger partial charge on any atom is 0.416 e. The fourth-order valence-corrected chi connectivity index (χ4v) is 2.55. The first kappa shape index (κ1) is 18.7. The highest BCUT2D eigenvalue weighted by molar-refractivity contribution is 7.89. The molecular formula is C15H13F3N2O4S. The second kappa shape index (κ2) is 6.73. The van der Waals surface area contributed by atoms with Crippen molar-refractivity contribution in [3.63, 3.8) is 0 Å². The van der Waals surface area contributed by atoms with Crippen LogP contribution < -0.4 is 15.2 Å². The Balaban J connectivity index is 2.38. The summed E-state index contributed by atoms with van der Waals surface area (Å²) >= 11 is 0. The molecule has 0 unspecified atom stereocenters. The number of amides is 1. The highest BCUT2D eigenvalue weighted by Gasteiger charge is 2.30. The number of ether oxygens (including phenoxy) is 1. The lowest BCUT2D eigenvalue weighted by molar-refractivity contribution is -0.137. The van der Waals surface area contributed by atoms with E-state index >= 15 is 0 Å². The quantitative estimate of drug-likeness (QED) is 0.859. The molecule has 2 rings (SSSR count). The van der Waals surface area contributed by atoms with Crippen LogP contribution in [0, 0.1) is 0 Å². The van der Waals surface area contributed by atoms with Gasteiger partial charge in [0.05, 0.1) is 23.1 Å². The Morgan fingerprint density at radius 1 is 1.16 bits per heavy atom. The van der Waals surface area contributed by atoms with Gasteiger partial charge in [-0.05, 0) is 36.4 Å². The fraction of sp³-hybridized carbons (Fsp3) is 0.133. The number of alkyl halides is 3. The molecule has 1 amide bonds. The molecule has 0 fully saturated rings. The third kappa shape index (κ3) is 4.48. The van der Waals surface area contributed by atoms with Gasteiger partial charge in [-0.15, -0.1) is 0 Å². The van der Waals surface area contributed by atoms with Gasteiger partial charge in [-0.2, -0.15) is 13.2 Å². The molecule has 2 aromatic rings. The Kier molecular flexibility index (Phi) is 5.04. The number of hydrogen-bond acceptors (Lipinski definition) is 4. The molecule has 0 bridgehead atoms. The molecule has 0 radical (unpaired) electrons. The molecule has 0 atom stereocenters. The lowest BCUT2D eigenvalue weighted by Gasteiger charge is -2.12. The minimum Gasteiger partial charge on any atom is -0.496 e. The predicted octanol–water partition coefficient (Wildman–Crippen LogP) is 2.61. The van der Waals surface area contributed by atoms with Gasteiger partial charge in [0.2, 0.25) is 10.0 Å². The number of anilines is 1. The molecule has 0 saturated heterocycles. The Bertz CT molecular complexity index is 911. The normalized spacial score (nSPS) is 11.9. The van der Waals surface area contributed by atoms with Crippen LogP contribution in [0.5, 0.6) is 5.75 Å². The summed E-state index contributed by atoms with van der Waals surface area (Å²) in [6, 6.07) is 7.37. The van der Waals surface area contributed by atoms with Crippen molar-refractivity contribution < 1.29 is 31.1 Å². The lowest BCUT2D eigenvalue weighted by atomic mass is 10.1. The van der Waals surface area contributed by atoms with Crippen LogP contribution >= 0.6 is 0 Å². The zero-order chi connectivity index (χ0) is 18.8. The van der Waals surface area contributed by atoms with Crippen LogP contribution in [0.1, 0.15) is 15.9 Å². The van der Waals surface area contributed by atoms with Crippen LogP contribution in [-0.4, -0.2) is 21.4 Å². The summed E-state index contributed by atoms with van der Waals surface area (Å²) in [4.78, 5) is 12.0. The maximum atomic E-state index is 12.7. The summed E-state index contributed by atoms with van der Waals surface area (Å²) in [7, 11) is -2.81. The van der Waals surface area contributed by atoms with E-state index in [0.29, 0.717) is 0 Å². The molecule has 3 N–H and O–H groups in total. The number of halogens is 3. The number of benzene rings is 2. The number of methoxy groups -OCH3 is 1. The number of carbonyl (C=O) groups is 1. The number of hydrogen-bond donors (Lipinski definition) is 2. The summed E-state index contributed by atoms with van der Waals surface area (Å²) in [5.74, 6) is -0.807. The highest BCUT2D eigenvalue weighted by atomic mass is 32.2. The summed E-state index contributed by atoms with van der Waals surface area (Å²) in [5, 5.41) is 7.28. The Morgan fingerprint density at radius 3 is 2.40 bits per heavy atom. The minimum absolute atomic E-state index is 0.0388. The van der Waals surface area contributed by atoms with E-state index in [1.54, 1.807) is 0 Å². The minimum atomic E-state index is -4.56. The first-order chi connectivity index (χ1) is 11.5. The van der Waals surface area contributed by atoms with Gasteiger partial charge in [0.25, 0.3) is 5.91 Å². The van der Waals surface area contributed by atoms with Crippen LogP contribution in [0.2, 0.25) is 0 Å². The second-order valence-corrected chi connectivity index (χ2v) is 6.50. The molecular weight excluding hydrogens is 361 g/mol. The number of primary sulfonamides is 1. The first-order valence-corrected chi connectivity index (χ1v) is 8.26. The number of nitrogens with one attached hydrogen (secondary N) is 1. The molecule has 0 aliphatic heterocycles. The van der Waals surface area contributed by atoms with Crippen molar-refractivity contribution in [3.05, 3.63) is 53.6 Å². The summed E-state index contributed by atoms with van der Waals surface area (Å²) < 4.78 is 65.9. The monoisotopic (exact) mass is 374 g/mol. The van der Waals surface area contributed by atoms with Crippen molar-refractivity contribution in [3.8, 4) is 5.75 Å². The topological polar surface area (TPSA) is 98.5 Å². The average Bonchev–Trinajstić information content (AvgIpc) is 2.52. The van der Waals surface area contributed by atoms with Crippen molar-refractivity contribution in [1.29, 1.82) is 0 Å². The Labute approximate surface area is 141 Å². The van der Waals surface area contributed by atoms with Gasteiger partial charge < -0.3 is 10.1 Å². The van der Waals surface area contributed by atoms with Crippen molar-refractivity contribution >= 4 is 21.6 Å². The van der Waals surface area contributed by atoms with Crippen molar-refractivity contribution in [2.75, 3.05) is 12.4 Å². The maximum absolute atomic E-state index is 12.7. The largest absolute Gasteiger partial charge is 0.496 e. The predicted molar refractivity (Wildman–Crippen MR) is 83.8 cm³/mol. The van der Waals surface area contributed by atoms with E-state index in [1.165, 1.54) is 19.2 Å². The Hall–Kier alpha value is -2.59. The molecule has 2 aromatic carbocycles. The van der Waals surface area contributed by atoms with E-state index in [2.05, 4.69) is 5.32 Å². The van der Waals surface area contributed by atoms with Gasteiger partial charge in [-0.3, -0.25) is 4.79 Å². The number of nitrogens with two attached hydrogens (primary N) is 1. The van der Waals surface area contributed by atoms with Crippen molar-refractivity contribution in [2.45, 2.75) is 11.1 Å². The number of rotatable bonds is 4. The average molecular weight is 374 g/mol. The molecule has 0 aliphatic carbocycles. The van der Waals surface area contributed by atoms with Crippen LogP contribution in [-0.2, 0) is 16.2 Å². The van der Waals surface area contributed by atoms with E-state index in [0.717, 1.165) is 30.3 Å². The van der Waals surface area contributed by atoms with Crippen LogP contribution in [0.3, 0.4) is 0 Å². The SMILES string of the molecule is COc1ccc(S(N)(=O)=O)cc1C(=O)Nc1cccc(C(F)(F)F)c1. The third-order valence-corrected chi connectivity index (χ3v) is 4.10. The fourth-order valence-electron chi connectivity index (χ4n) is 2.01. The van der Waals surface area contributed by atoms with E-state index in [4.69, 9.17) is 9.88 Å². The molecule has 10 heteroatoms. The zero-order valence-corrected chi connectivity index (χ0v) is 13.6. The molecule has 0 spiro atoms. The van der Waals surface area contributed by atoms with Crippen molar-refractivity contribution in [1.82, 2.24) is 0 Å². The Morgan fingerprint density at radius 2 is 1.84 bits per heavy atom. The molecule has 0 aromatic heterocycles. The summed E-state index contributed by atoms with van der Waals surface area (Å²) in [6.07, 6.45) is -4.56. The van der Waals surface area contributed by atoms with Crippen LogP contribution in [0.4, 0.5) is 18.9 Å². The van der Waals surface area contributed by atoms with Crippen molar-refractivity contribution in [2.24, 2.45) is 5.14 Å². The molecule has 0 heterocycles. The van der Waals surface area contributed by atoms with Crippen LogP contribution in [0.25, 0.3) is 0 Å². The van der Waals surface area contributed by atoms with E-state index in [9.17, 15) is 26.4 Å². The smallest absolute Gasteiger partial charge is 0.416 e. The van der Waals surface area contributed by atoms with Gasteiger partial charge in [-0.1, -0.05) is 6.07 Å². The standard InChI is InChI=1S/C15H13F3N2O4S/c1-24-13-6-5-11(25(19,22)23)8-12(13)14(21)20-10-4-2-3-9(7-10)15(16,17)18/h2-8H,1H3,(H,20,21)(H2,19,22,23). The first-order valence-electron chi connectivity index (χ1n) is 6.72. The second-order valence-electron chi connectivity index (χ2n) is 4.94. The number of sulfonamides is 1. The number of carbonyl (C=O) groups excluding carboxylic acids is 1. The third-order valence-electron chi connectivity index (χ3n) is 3.19. The van der Waals surface area contributed by atoms with Gasteiger partial charge in [0.15, 0.2) is 0 Å². The molecule has 134 valence electrons. The van der Waals surface area contributed by atoms with E-state index < -0.39 is 27.7 Å². The molecule has 0 aliphatic rings. The molecule has 6 nitrogen and oxygen atoms in total. The molecule has 25 heavy (non-hydrogen) atoms. The lowest BCUT2D eigenvalue weighted by Crippen LogP contribution is -2.17. The molecule has 0 saturated carbocycles. The van der Waals surface area contributed by atoms with Gasteiger partial charge in [-0.25, -0.2) is 13.6 Å². The van der Waals surface area contributed by atoms with E-state index in [1.807, 2.05) is 0 Å². The van der Waals surface area contributed by atoms with E-state index in [-0.39, 0.29) is 21.9 Å². The zero-order valence-electron chi connectivity index (χ0n) is 12.8.